The van der Waals surface area contributed by atoms with E-state index in [9.17, 15) is 0 Å². The van der Waals surface area contributed by atoms with Crippen LogP contribution in [-0.2, 0) is 12.5 Å². The summed E-state index contributed by atoms with van der Waals surface area (Å²) < 4.78 is 6.40. The smallest absolute Gasteiger partial charge is 0.262 e. The van der Waals surface area contributed by atoms with Gasteiger partial charge < -0.3 is 0 Å². The van der Waals surface area contributed by atoms with E-state index < -0.39 is 0 Å². The Labute approximate surface area is 211 Å². The predicted molar refractivity (Wildman–Crippen MR) is 148 cm³/mol. The molecule has 184 valence electrons. The molecule has 3 heterocycles. The third-order valence-corrected chi connectivity index (χ3v) is 7.18. The predicted octanol–water partition coefficient (Wildman–Crippen LogP) is 6.09. The van der Waals surface area contributed by atoms with Crippen molar-refractivity contribution in [2.24, 2.45) is 17.5 Å². The molecule has 0 bridgehead atoms. The Bertz CT molecular complexity index is 1250. The lowest BCUT2D eigenvalue weighted by Crippen LogP contribution is -2.44. The van der Waals surface area contributed by atoms with Crippen molar-refractivity contribution in [3.8, 4) is 11.4 Å². The van der Waals surface area contributed by atoms with Gasteiger partial charge in [0.15, 0.2) is 12.4 Å². The van der Waals surface area contributed by atoms with Crippen molar-refractivity contribution in [2.75, 3.05) is 7.05 Å². The van der Waals surface area contributed by atoms with Gasteiger partial charge in [-0.25, -0.2) is 4.58 Å². The van der Waals surface area contributed by atoms with E-state index >= 15 is 0 Å². The molecule has 5 heteroatoms. The fourth-order valence-corrected chi connectivity index (χ4v) is 4.97. The van der Waals surface area contributed by atoms with Crippen molar-refractivity contribution in [3.63, 3.8) is 0 Å². The van der Waals surface area contributed by atoms with Crippen LogP contribution in [-0.4, -0.2) is 33.5 Å². The van der Waals surface area contributed by atoms with Crippen LogP contribution in [0.2, 0.25) is 0 Å². The van der Waals surface area contributed by atoms with Crippen molar-refractivity contribution in [3.05, 3.63) is 78.8 Å². The van der Waals surface area contributed by atoms with Gasteiger partial charge >= 0.3 is 0 Å². The Morgan fingerprint density at radius 1 is 1.20 bits per heavy atom. The molecule has 0 saturated heterocycles. The van der Waals surface area contributed by atoms with E-state index in [1.54, 1.807) is 7.05 Å². The van der Waals surface area contributed by atoms with Crippen LogP contribution in [0.1, 0.15) is 60.1 Å². The molecular weight excluding hydrogens is 430 g/mol. The Balaban J connectivity index is 2.43. The third kappa shape index (κ3) is 4.64. The summed E-state index contributed by atoms with van der Waals surface area (Å²) in [6.07, 6.45) is 12.1. The third-order valence-electron chi connectivity index (χ3n) is 7.18. The summed E-state index contributed by atoms with van der Waals surface area (Å²) in [6, 6.07) is 8.57. The Morgan fingerprint density at radius 2 is 1.89 bits per heavy atom. The fraction of sp³-hybridized carbons (Fsp3) is 0.400. The normalized spacial score (nSPS) is 17.8. The topological polar surface area (TPSA) is 37.1 Å². The SMILES string of the molecule is C=CC=C1C(=C)C(C)=[N+](C=NC)C=C([n+]2ccccc2-c2cc(C(C)(C)C)nn2C)C1(CC)CC. The minimum Gasteiger partial charge on any atom is -0.262 e. The van der Waals surface area contributed by atoms with Crippen LogP contribution in [0.4, 0.5) is 0 Å². The molecule has 5 nitrogen and oxygen atoms in total. The monoisotopic (exact) mass is 471 g/mol. The fourth-order valence-electron chi connectivity index (χ4n) is 4.97. The largest absolute Gasteiger partial charge is 0.284 e. The maximum absolute atomic E-state index is 4.86. The number of pyridine rings is 1. The lowest BCUT2D eigenvalue weighted by atomic mass is 9.69. The minimum atomic E-state index is -0.269. The molecule has 0 radical (unpaired) electrons. The van der Waals surface area contributed by atoms with Crippen LogP contribution in [0.3, 0.4) is 0 Å². The van der Waals surface area contributed by atoms with Crippen LogP contribution >= 0.6 is 0 Å². The molecule has 0 fully saturated rings. The van der Waals surface area contributed by atoms with Gasteiger partial charge in [-0.05, 0) is 37.5 Å². The molecule has 0 aliphatic carbocycles. The molecule has 0 spiro atoms. The molecule has 2 aromatic rings. The number of aliphatic imine (C=N–C) groups is 1. The van der Waals surface area contributed by atoms with Gasteiger partial charge in [-0.2, -0.15) is 9.67 Å². The second-order valence-corrected chi connectivity index (χ2v) is 10.2. The van der Waals surface area contributed by atoms with Gasteiger partial charge in [0, 0.05) is 30.2 Å². The molecule has 0 N–H and O–H groups in total. The number of hydrogen-bond donors (Lipinski definition) is 0. The number of aryl methyl sites for hydroxylation is 1. The molecule has 0 unspecified atom stereocenters. The molecule has 0 amide bonds. The van der Waals surface area contributed by atoms with Gasteiger partial charge in [0.25, 0.3) is 6.34 Å². The van der Waals surface area contributed by atoms with E-state index in [0.29, 0.717) is 0 Å². The van der Waals surface area contributed by atoms with Crippen LogP contribution in [0.25, 0.3) is 17.1 Å². The van der Waals surface area contributed by atoms with Crippen LogP contribution in [0.15, 0.2) is 78.1 Å². The zero-order valence-electron chi connectivity index (χ0n) is 22.8. The molecule has 35 heavy (non-hydrogen) atoms. The zero-order valence-corrected chi connectivity index (χ0v) is 22.8. The Kier molecular flexibility index (Phi) is 7.59. The Morgan fingerprint density at radius 3 is 2.43 bits per heavy atom. The van der Waals surface area contributed by atoms with E-state index in [1.165, 1.54) is 11.3 Å². The first-order valence-corrected chi connectivity index (χ1v) is 12.4. The number of hydrogen-bond acceptors (Lipinski definition) is 2. The van der Waals surface area contributed by atoms with Crippen LogP contribution < -0.4 is 4.57 Å². The molecule has 1 aliphatic heterocycles. The molecular formula is C30H41N5+2. The lowest BCUT2D eigenvalue weighted by Gasteiger charge is -2.32. The highest BCUT2D eigenvalue weighted by Gasteiger charge is 2.46. The summed E-state index contributed by atoms with van der Waals surface area (Å²) in [4.78, 5) is 4.34. The minimum absolute atomic E-state index is 0.0358. The first kappa shape index (κ1) is 26.3. The quantitative estimate of drug-likeness (QED) is 0.285. The second kappa shape index (κ2) is 10.1. The number of nitrogens with zero attached hydrogens (tertiary/aromatic N) is 5. The molecule has 0 aromatic carbocycles. The summed E-state index contributed by atoms with van der Waals surface area (Å²) in [5.41, 5.74) is 7.35. The molecule has 1 aliphatic rings. The van der Waals surface area contributed by atoms with Crippen molar-refractivity contribution >= 4 is 17.7 Å². The molecule has 2 aromatic heterocycles. The number of allylic oxidation sites excluding steroid dienone is 5. The maximum Gasteiger partial charge on any atom is 0.284 e. The van der Waals surface area contributed by atoms with Gasteiger partial charge in [0.1, 0.15) is 18.5 Å². The van der Waals surface area contributed by atoms with Crippen molar-refractivity contribution in [1.29, 1.82) is 0 Å². The van der Waals surface area contributed by atoms with Gasteiger partial charge in [-0.15, -0.1) is 0 Å². The average molecular weight is 472 g/mol. The van der Waals surface area contributed by atoms with E-state index in [4.69, 9.17) is 5.10 Å². The zero-order chi connectivity index (χ0) is 26.0. The Hall–Kier alpha value is -3.34. The summed E-state index contributed by atoms with van der Waals surface area (Å²) in [7, 11) is 3.82. The van der Waals surface area contributed by atoms with Gasteiger partial charge in [-0.3, -0.25) is 4.68 Å². The van der Waals surface area contributed by atoms with Crippen molar-refractivity contribution in [1.82, 2.24) is 9.78 Å². The first-order chi connectivity index (χ1) is 16.5. The molecule has 0 atom stereocenters. The van der Waals surface area contributed by atoms with E-state index in [-0.39, 0.29) is 10.8 Å². The van der Waals surface area contributed by atoms with E-state index in [1.807, 2.05) is 24.1 Å². The summed E-state index contributed by atoms with van der Waals surface area (Å²) in [5.74, 6) is 0. The van der Waals surface area contributed by atoms with Crippen molar-refractivity contribution < 1.29 is 9.14 Å². The highest BCUT2D eigenvalue weighted by atomic mass is 15.3. The van der Waals surface area contributed by atoms with Crippen LogP contribution in [0, 0.1) is 5.41 Å². The summed E-state index contributed by atoms with van der Waals surface area (Å²) in [6.45, 7) is 21.8. The van der Waals surface area contributed by atoms with Gasteiger partial charge in [-0.1, -0.05) is 64.9 Å². The van der Waals surface area contributed by atoms with Crippen LogP contribution in [0.5, 0.6) is 0 Å². The first-order valence-electron chi connectivity index (χ1n) is 12.4. The van der Waals surface area contributed by atoms with Gasteiger partial charge in [0.05, 0.1) is 11.1 Å². The second-order valence-electron chi connectivity index (χ2n) is 10.2. The van der Waals surface area contributed by atoms with Crippen molar-refractivity contribution in [2.45, 2.75) is 59.8 Å². The summed E-state index contributed by atoms with van der Waals surface area (Å²) >= 11 is 0. The number of rotatable bonds is 6. The van der Waals surface area contributed by atoms with E-state index in [0.717, 1.165) is 41.2 Å². The molecule has 3 rings (SSSR count). The van der Waals surface area contributed by atoms with E-state index in [2.05, 4.69) is 112 Å². The number of aromatic nitrogens is 3. The lowest BCUT2D eigenvalue weighted by molar-refractivity contribution is -0.581. The highest BCUT2D eigenvalue weighted by molar-refractivity contribution is 6.01. The van der Waals surface area contributed by atoms with Gasteiger partial charge in [0.2, 0.25) is 11.4 Å². The maximum atomic E-state index is 4.86. The highest BCUT2D eigenvalue weighted by Crippen LogP contribution is 2.47. The summed E-state index contributed by atoms with van der Waals surface area (Å²) in [5, 5.41) is 4.86. The standard InChI is InChI=1S/C30H41N5/c1-11-16-24-22(4)23(5)34(21-31-9)20-28(30(24,12-2)13-3)35-18-15-14-17-25(35)26-19-27(29(6,7)8)32-33(26)10/h11,14-21H,1,4,12-13H2,2-3,5-10H3/q+2. The molecule has 0 saturated carbocycles. The average Bonchev–Trinajstić information content (AvgIpc) is 3.20.